The maximum absolute atomic E-state index is 2.37. The molecule has 0 N–H and O–H groups in total. The summed E-state index contributed by atoms with van der Waals surface area (Å²) < 4.78 is 0.392. The molecule has 0 aromatic heterocycles. The van der Waals surface area contributed by atoms with Gasteiger partial charge in [0.15, 0.2) is 0 Å². The molecule has 0 nitrogen and oxygen atoms in total. The maximum atomic E-state index is 2.37. The van der Waals surface area contributed by atoms with Crippen molar-refractivity contribution in [3.05, 3.63) is 91.0 Å². The fourth-order valence-electron chi connectivity index (χ4n) is 4.24. The molecule has 1 aliphatic rings. The van der Waals surface area contributed by atoms with E-state index in [9.17, 15) is 0 Å². The lowest BCUT2D eigenvalue weighted by molar-refractivity contribution is 0.749. The van der Waals surface area contributed by atoms with Crippen molar-refractivity contribution >= 4 is 46.7 Å². The molecule has 0 spiro atoms. The van der Waals surface area contributed by atoms with Gasteiger partial charge >= 0.3 is 0 Å². The topological polar surface area (TPSA) is 0 Å². The Labute approximate surface area is 178 Å². The Balaban J connectivity index is 1.86. The smallest absolute Gasteiger partial charge is 0.112 e. The molecule has 0 amide bonds. The van der Waals surface area contributed by atoms with Crippen LogP contribution in [0, 0.1) is 0 Å². The normalized spacial score (nSPS) is 16.2. The van der Waals surface area contributed by atoms with Gasteiger partial charge in [-0.1, -0.05) is 61.5 Å². The predicted molar refractivity (Wildman–Crippen MR) is 133 cm³/mol. The van der Waals surface area contributed by atoms with E-state index in [1.54, 1.807) is 0 Å². The fraction of sp³-hybridized carbons (Fsp3) is 0.280. The Bertz CT molecular complexity index is 762. The Morgan fingerprint density at radius 2 is 1.07 bits per heavy atom. The van der Waals surface area contributed by atoms with Gasteiger partial charge in [-0.25, -0.2) is 0 Å². The quantitative estimate of drug-likeness (QED) is 0.430. The summed E-state index contributed by atoms with van der Waals surface area (Å²) >= 11 is 4.39. The van der Waals surface area contributed by atoms with E-state index < -0.39 is 7.26 Å². The third-order valence-corrected chi connectivity index (χ3v) is 14.0. The first-order valence-electron chi connectivity index (χ1n) is 10.1. The highest BCUT2D eigenvalue weighted by molar-refractivity contribution is 8.21. The molecule has 0 aliphatic carbocycles. The van der Waals surface area contributed by atoms with Crippen LogP contribution in [0.5, 0.6) is 0 Å². The highest BCUT2D eigenvalue weighted by Gasteiger charge is 2.47. The van der Waals surface area contributed by atoms with Crippen LogP contribution in [-0.4, -0.2) is 21.7 Å². The zero-order chi connectivity index (χ0) is 19.3. The highest BCUT2D eigenvalue weighted by atomic mass is 32.2. The zero-order valence-electron chi connectivity index (χ0n) is 16.5. The van der Waals surface area contributed by atoms with E-state index in [-0.39, 0.29) is 0 Å². The average molecular weight is 424 g/mol. The Kier molecular flexibility index (Phi) is 6.51. The lowest BCUT2D eigenvalue weighted by Crippen LogP contribution is -2.35. The van der Waals surface area contributed by atoms with Crippen LogP contribution in [0.4, 0.5) is 0 Å². The van der Waals surface area contributed by atoms with Crippen LogP contribution in [-0.2, 0) is 0 Å². The van der Waals surface area contributed by atoms with Crippen LogP contribution in [0.15, 0.2) is 91.0 Å². The van der Waals surface area contributed by atoms with Crippen molar-refractivity contribution in [1.82, 2.24) is 0 Å². The SMILES string of the molecule is CCC1(CC[P+](c2ccccc2)(c2ccccc2)c2ccccc2)SCCS1. The van der Waals surface area contributed by atoms with Gasteiger partial charge in [0.25, 0.3) is 0 Å². The molecule has 0 saturated carbocycles. The summed E-state index contributed by atoms with van der Waals surface area (Å²) in [6.45, 7) is 2.37. The third-order valence-electron chi connectivity index (χ3n) is 5.77. The van der Waals surface area contributed by atoms with Crippen LogP contribution in [0.25, 0.3) is 0 Å². The molecule has 1 fully saturated rings. The highest BCUT2D eigenvalue weighted by Crippen LogP contribution is 2.59. The first-order chi connectivity index (χ1) is 13.8. The van der Waals surface area contributed by atoms with Crippen LogP contribution in [0.1, 0.15) is 19.8 Å². The first-order valence-corrected chi connectivity index (χ1v) is 14.1. The van der Waals surface area contributed by atoms with Gasteiger partial charge in [0.1, 0.15) is 23.2 Å². The van der Waals surface area contributed by atoms with Crippen molar-refractivity contribution in [2.75, 3.05) is 17.7 Å². The summed E-state index contributed by atoms with van der Waals surface area (Å²) in [6.07, 6.45) is 3.75. The largest absolute Gasteiger partial charge is 0.143 e. The van der Waals surface area contributed by atoms with E-state index >= 15 is 0 Å². The van der Waals surface area contributed by atoms with Crippen molar-refractivity contribution < 1.29 is 0 Å². The van der Waals surface area contributed by atoms with E-state index in [2.05, 4.69) is 121 Å². The molecule has 1 aliphatic heterocycles. The third kappa shape index (κ3) is 3.92. The molecule has 3 aromatic carbocycles. The van der Waals surface area contributed by atoms with Crippen molar-refractivity contribution in [2.24, 2.45) is 0 Å². The van der Waals surface area contributed by atoms with Gasteiger partial charge in [-0.3, -0.25) is 0 Å². The van der Waals surface area contributed by atoms with E-state index in [1.807, 2.05) is 0 Å². The van der Waals surface area contributed by atoms with Crippen LogP contribution >= 0.6 is 30.8 Å². The Morgan fingerprint density at radius 3 is 1.43 bits per heavy atom. The minimum absolute atomic E-state index is 0.392. The summed E-state index contributed by atoms with van der Waals surface area (Å²) in [5, 5.41) is 4.52. The summed E-state index contributed by atoms with van der Waals surface area (Å²) in [5.74, 6) is 2.60. The number of thioether (sulfide) groups is 2. The standard InChI is InChI=1S/C25H28PS2/c1-2-25(27-20-21-28-25)18-19-26(22-12-6-3-7-13-22,23-14-8-4-9-15-23)24-16-10-5-11-17-24/h3-17H,2,18-21H2,1H3/q+1. The predicted octanol–water partition coefficient (Wildman–Crippen LogP) is 5.96. The van der Waals surface area contributed by atoms with Gasteiger partial charge < -0.3 is 0 Å². The molecule has 0 radical (unpaired) electrons. The average Bonchev–Trinajstić information content (AvgIpc) is 3.26. The van der Waals surface area contributed by atoms with Gasteiger partial charge in [-0.15, -0.1) is 23.5 Å². The van der Waals surface area contributed by atoms with E-state index in [0.29, 0.717) is 4.08 Å². The van der Waals surface area contributed by atoms with Gasteiger partial charge in [-0.2, -0.15) is 0 Å². The zero-order valence-corrected chi connectivity index (χ0v) is 19.0. The summed E-state index contributed by atoms with van der Waals surface area (Å²) in [7, 11) is -1.69. The molecular formula is C25H28PS2+. The molecule has 1 saturated heterocycles. The summed E-state index contributed by atoms with van der Waals surface area (Å²) in [4.78, 5) is 0. The van der Waals surface area contributed by atoms with Crippen molar-refractivity contribution in [1.29, 1.82) is 0 Å². The second-order valence-corrected chi connectivity index (χ2v) is 14.1. The van der Waals surface area contributed by atoms with Crippen molar-refractivity contribution in [2.45, 2.75) is 23.8 Å². The molecule has 144 valence electrons. The van der Waals surface area contributed by atoms with Crippen molar-refractivity contribution in [3.63, 3.8) is 0 Å². The van der Waals surface area contributed by atoms with Gasteiger partial charge in [0.2, 0.25) is 0 Å². The molecule has 1 heterocycles. The van der Waals surface area contributed by atoms with Gasteiger partial charge in [-0.05, 0) is 42.8 Å². The van der Waals surface area contributed by atoms with Crippen LogP contribution < -0.4 is 15.9 Å². The lowest BCUT2D eigenvalue weighted by Gasteiger charge is -2.32. The number of hydrogen-bond donors (Lipinski definition) is 0. The van der Waals surface area contributed by atoms with E-state index in [4.69, 9.17) is 0 Å². The van der Waals surface area contributed by atoms with Gasteiger partial charge in [0, 0.05) is 17.9 Å². The molecule has 4 rings (SSSR count). The lowest BCUT2D eigenvalue weighted by atomic mass is 10.2. The molecule has 28 heavy (non-hydrogen) atoms. The van der Waals surface area contributed by atoms with Crippen LogP contribution in [0.2, 0.25) is 0 Å². The second-order valence-electron chi connectivity index (χ2n) is 7.25. The summed E-state index contributed by atoms with van der Waals surface area (Å²) in [5.41, 5.74) is 0. The molecule has 0 unspecified atom stereocenters. The Hall–Kier alpha value is -1.21. The Morgan fingerprint density at radius 1 is 0.679 bits per heavy atom. The second kappa shape index (κ2) is 9.08. The van der Waals surface area contributed by atoms with Crippen LogP contribution in [0.3, 0.4) is 0 Å². The first kappa shape index (κ1) is 20.1. The molecule has 3 aromatic rings. The summed E-state index contributed by atoms with van der Waals surface area (Å²) in [6, 6.07) is 33.9. The molecule has 0 atom stereocenters. The van der Waals surface area contributed by atoms with E-state index in [1.165, 1.54) is 46.4 Å². The van der Waals surface area contributed by atoms with Crippen molar-refractivity contribution in [3.8, 4) is 0 Å². The molecule has 0 bridgehead atoms. The molecule has 3 heteroatoms. The number of rotatable bonds is 7. The number of hydrogen-bond acceptors (Lipinski definition) is 2. The van der Waals surface area contributed by atoms with Gasteiger partial charge in [0.05, 0.1) is 10.2 Å². The monoisotopic (exact) mass is 423 g/mol. The fourth-order valence-corrected chi connectivity index (χ4v) is 12.1. The van der Waals surface area contributed by atoms with E-state index in [0.717, 1.165) is 0 Å². The number of benzene rings is 3. The minimum atomic E-state index is -1.69. The molecular weight excluding hydrogens is 395 g/mol. The minimum Gasteiger partial charge on any atom is -0.143 e. The maximum Gasteiger partial charge on any atom is 0.112 e.